The van der Waals surface area contributed by atoms with Crippen molar-refractivity contribution in [2.75, 3.05) is 4.90 Å². The van der Waals surface area contributed by atoms with Gasteiger partial charge in [-0.15, -0.1) is 0 Å². The van der Waals surface area contributed by atoms with E-state index in [1.165, 1.54) is 76.4 Å². The molecule has 0 saturated carbocycles. The lowest BCUT2D eigenvalue weighted by Crippen LogP contribution is -2.10. The number of furan rings is 1. The average Bonchev–Trinajstić information content (AvgIpc) is 3.97. The number of rotatable bonds is 7. The molecule has 3 heteroatoms. The van der Waals surface area contributed by atoms with Gasteiger partial charge >= 0.3 is 0 Å². The third kappa shape index (κ3) is 6.36. The van der Waals surface area contributed by atoms with Crippen molar-refractivity contribution in [3.63, 3.8) is 0 Å². The summed E-state index contributed by atoms with van der Waals surface area (Å²) < 4.78 is 8.99. The number of para-hydroxylation sites is 3. The number of hydrogen-bond acceptors (Lipinski definition) is 2. The first kappa shape index (κ1) is 39.0. The summed E-state index contributed by atoms with van der Waals surface area (Å²) >= 11 is 0. The maximum atomic E-state index is 6.57. The van der Waals surface area contributed by atoms with Crippen LogP contribution in [0.1, 0.15) is 0 Å². The summed E-state index contributed by atoms with van der Waals surface area (Å²) in [6, 6.07) is 92.4. The highest BCUT2D eigenvalue weighted by molar-refractivity contribution is 6.26. The third-order valence-electron chi connectivity index (χ3n) is 14.2. The summed E-state index contributed by atoms with van der Waals surface area (Å²) in [6.45, 7) is 0. The number of anilines is 3. The third-order valence-corrected chi connectivity index (χ3v) is 14.2. The van der Waals surface area contributed by atoms with Crippen LogP contribution in [0.3, 0.4) is 0 Å². The second kappa shape index (κ2) is 15.7. The van der Waals surface area contributed by atoms with Crippen LogP contribution in [0.15, 0.2) is 259 Å². The Hall–Kier alpha value is -9.18. The van der Waals surface area contributed by atoms with E-state index in [0.717, 1.165) is 55.8 Å². The van der Waals surface area contributed by atoms with Crippen molar-refractivity contribution < 1.29 is 4.42 Å². The first-order chi connectivity index (χ1) is 34.2. The van der Waals surface area contributed by atoms with Gasteiger partial charge in [-0.3, -0.25) is 0 Å². The molecule has 2 heterocycles. The van der Waals surface area contributed by atoms with Crippen LogP contribution in [0.4, 0.5) is 17.1 Å². The molecule has 0 aliphatic heterocycles. The number of fused-ring (bicyclic) bond motifs is 12. The zero-order valence-electron chi connectivity index (χ0n) is 37.6. The minimum Gasteiger partial charge on any atom is -0.454 e. The van der Waals surface area contributed by atoms with Crippen molar-refractivity contribution in [1.82, 2.24) is 4.57 Å². The van der Waals surface area contributed by atoms with E-state index in [9.17, 15) is 0 Å². The molecule has 0 radical (unpaired) electrons. The van der Waals surface area contributed by atoms with E-state index in [2.05, 4.69) is 252 Å². The van der Waals surface area contributed by atoms with Crippen LogP contribution in [0, 0.1) is 0 Å². The van der Waals surface area contributed by atoms with Gasteiger partial charge in [0.1, 0.15) is 5.58 Å². The molecule has 12 aromatic carbocycles. The lowest BCUT2D eigenvalue weighted by Gasteiger charge is -2.25. The smallest absolute Gasteiger partial charge is 0.159 e. The van der Waals surface area contributed by atoms with E-state index in [-0.39, 0.29) is 0 Å². The lowest BCUT2D eigenvalue weighted by molar-refractivity contribution is 0.669. The van der Waals surface area contributed by atoms with E-state index >= 15 is 0 Å². The van der Waals surface area contributed by atoms with Gasteiger partial charge in [-0.1, -0.05) is 176 Å². The fourth-order valence-electron chi connectivity index (χ4n) is 10.9. The van der Waals surface area contributed by atoms with Crippen LogP contribution in [-0.2, 0) is 0 Å². The quantitative estimate of drug-likeness (QED) is 0.149. The minimum atomic E-state index is 0.870. The number of hydrogen-bond donors (Lipinski definition) is 0. The van der Waals surface area contributed by atoms with Gasteiger partial charge in [0, 0.05) is 38.6 Å². The van der Waals surface area contributed by atoms with E-state index in [4.69, 9.17) is 4.42 Å². The largest absolute Gasteiger partial charge is 0.454 e. The molecule has 14 rings (SSSR count). The van der Waals surface area contributed by atoms with Crippen molar-refractivity contribution in [2.24, 2.45) is 0 Å². The number of benzene rings is 12. The zero-order valence-corrected chi connectivity index (χ0v) is 37.6. The maximum absolute atomic E-state index is 6.57. The fraction of sp³-hybridized carbons (Fsp3) is 0. The lowest BCUT2D eigenvalue weighted by atomic mass is 9.92. The molecule has 0 unspecified atom stereocenters. The molecule has 2 aromatic heterocycles. The predicted octanol–water partition coefficient (Wildman–Crippen LogP) is 18.6. The summed E-state index contributed by atoms with van der Waals surface area (Å²) in [6.07, 6.45) is 0. The Labute approximate surface area is 399 Å². The Morgan fingerprint density at radius 2 is 0.710 bits per heavy atom. The monoisotopic (exact) mass is 878 g/mol. The van der Waals surface area contributed by atoms with Crippen LogP contribution in [-0.4, -0.2) is 4.57 Å². The Morgan fingerprint density at radius 1 is 0.275 bits per heavy atom. The van der Waals surface area contributed by atoms with E-state index < -0.39 is 0 Å². The first-order valence-electron chi connectivity index (χ1n) is 23.7. The second-order valence-electron chi connectivity index (χ2n) is 18.0. The molecule has 3 nitrogen and oxygen atoms in total. The van der Waals surface area contributed by atoms with Crippen molar-refractivity contribution in [3.8, 4) is 39.1 Å². The summed E-state index contributed by atoms with van der Waals surface area (Å²) in [5.74, 6) is 0. The van der Waals surface area contributed by atoms with E-state index in [1.807, 2.05) is 12.1 Å². The Morgan fingerprint density at radius 3 is 1.33 bits per heavy atom. The molecule has 0 bridgehead atoms. The molecular weight excluding hydrogens is 837 g/mol. The SMILES string of the molecule is c1ccc(-c2ccc3c(c2)c2cc(-c4ccc(N(c5ccccc5)c5cccc6c5oc5ccccc56)cc4)ccc2n3-c2ccc(-c3ccc4c5ccccc5c5ccccc5c4c3)cc2)cc1. The van der Waals surface area contributed by atoms with Crippen LogP contribution in [0.2, 0.25) is 0 Å². The fourth-order valence-corrected chi connectivity index (χ4v) is 10.9. The Bertz CT molecular complexity index is 4240. The van der Waals surface area contributed by atoms with Crippen LogP contribution in [0.5, 0.6) is 0 Å². The average molecular weight is 879 g/mol. The molecular formula is C66H42N2O. The minimum absolute atomic E-state index is 0.870. The molecule has 69 heavy (non-hydrogen) atoms. The van der Waals surface area contributed by atoms with Gasteiger partial charge in [0.15, 0.2) is 5.58 Å². The standard InChI is InChI=1S/C66H42N2O/c1-3-14-43(15-4-1)47-31-38-62-60(41-47)61-42-48(45-26-33-50(34-27-45)67(49-16-5-2-6-17-49)64-24-13-23-58-57-22-11-12-25-65(57)69-66(58)64)32-39-63(61)68(62)51-35-28-44(29-36-51)46-30-37-56-54-20-8-7-18-52(54)53-19-9-10-21-55(53)59(56)40-46/h1-42H. The van der Waals surface area contributed by atoms with Crippen LogP contribution >= 0.6 is 0 Å². The number of nitrogens with zero attached hydrogens (tertiary/aromatic N) is 2. The summed E-state index contributed by atoms with van der Waals surface area (Å²) in [5.41, 5.74) is 15.4. The number of aromatic nitrogens is 1. The maximum Gasteiger partial charge on any atom is 0.159 e. The van der Waals surface area contributed by atoms with Gasteiger partial charge in [0.2, 0.25) is 0 Å². The first-order valence-corrected chi connectivity index (χ1v) is 23.7. The summed E-state index contributed by atoms with van der Waals surface area (Å²) in [5, 5.41) is 12.4. The molecule has 0 aliphatic carbocycles. The van der Waals surface area contributed by atoms with Crippen molar-refractivity contribution >= 4 is 93.1 Å². The van der Waals surface area contributed by atoms with Gasteiger partial charge in [0.05, 0.1) is 16.7 Å². The molecule has 0 amide bonds. The molecule has 0 saturated heterocycles. The van der Waals surface area contributed by atoms with Crippen LogP contribution < -0.4 is 4.90 Å². The highest BCUT2D eigenvalue weighted by Crippen LogP contribution is 2.44. The Kier molecular flexibility index (Phi) is 8.90. The second-order valence-corrected chi connectivity index (χ2v) is 18.0. The van der Waals surface area contributed by atoms with Gasteiger partial charge in [-0.25, -0.2) is 0 Å². The normalized spacial score (nSPS) is 11.8. The van der Waals surface area contributed by atoms with E-state index in [1.54, 1.807) is 0 Å². The molecule has 14 aromatic rings. The van der Waals surface area contributed by atoms with Gasteiger partial charge in [0.25, 0.3) is 0 Å². The molecule has 0 N–H and O–H groups in total. The highest BCUT2D eigenvalue weighted by Gasteiger charge is 2.20. The van der Waals surface area contributed by atoms with Crippen molar-refractivity contribution in [2.45, 2.75) is 0 Å². The van der Waals surface area contributed by atoms with Crippen LogP contribution in [0.25, 0.3) is 115 Å². The van der Waals surface area contributed by atoms with Gasteiger partial charge < -0.3 is 13.9 Å². The van der Waals surface area contributed by atoms with Gasteiger partial charge in [-0.05, 0) is 145 Å². The Balaban J connectivity index is 0.870. The van der Waals surface area contributed by atoms with Crippen molar-refractivity contribution in [3.05, 3.63) is 255 Å². The highest BCUT2D eigenvalue weighted by atomic mass is 16.3. The topological polar surface area (TPSA) is 21.3 Å². The van der Waals surface area contributed by atoms with Gasteiger partial charge in [-0.2, -0.15) is 0 Å². The zero-order chi connectivity index (χ0) is 45.4. The summed E-state index contributed by atoms with van der Waals surface area (Å²) in [7, 11) is 0. The molecule has 0 aliphatic rings. The summed E-state index contributed by atoms with van der Waals surface area (Å²) in [4.78, 5) is 2.30. The molecule has 0 atom stereocenters. The van der Waals surface area contributed by atoms with Crippen molar-refractivity contribution in [1.29, 1.82) is 0 Å². The molecule has 0 spiro atoms. The van der Waals surface area contributed by atoms with E-state index in [0.29, 0.717) is 0 Å². The molecule has 0 fully saturated rings. The molecule has 322 valence electrons. The predicted molar refractivity (Wildman–Crippen MR) is 292 cm³/mol.